The Bertz CT molecular complexity index is 506. The van der Waals surface area contributed by atoms with Crippen molar-refractivity contribution in [3.05, 3.63) is 35.4 Å². The van der Waals surface area contributed by atoms with E-state index in [1.54, 1.807) is 0 Å². The second kappa shape index (κ2) is 13.8. The quantitative estimate of drug-likeness (QED) is 0.259. The Morgan fingerprint density at radius 3 is 1.96 bits per heavy atom. The van der Waals surface area contributed by atoms with E-state index < -0.39 is 0 Å². The van der Waals surface area contributed by atoms with Gasteiger partial charge in [0.1, 0.15) is 0 Å². The average molecular weight is 373 g/mol. The van der Waals surface area contributed by atoms with Gasteiger partial charge in [-0.1, -0.05) is 82.6 Å². The van der Waals surface area contributed by atoms with Crippen LogP contribution in [0, 0.1) is 5.92 Å². The molecular weight excluding hydrogens is 332 g/mol. The van der Waals surface area contributed by atoms with E-state index in [-0.39, 0.29) is 11.9 Å². The van der Waals surface area contributed by atoms with Gasteiger partial charge in [-0.3, -0.25) is 4.79 Å². The molecule has 152 valence electrons. The monoisotopic (exact) mass is 372 g/mol. The van der Waals surface area contributed by atoms with Crippen LogP contribution in [-0.2, 0) is 22.4 Å². The van der Waals surface area contributed by atoms with Crippen LogP contribution in [-0.4, -0.2) is 12.6 Å². The molecule has 0 radical (unpaired) electrons. The number of rotatable bonds is 14. The molecule has 2 nitrogen and oxygen atoms in total. The highest BCUT2D eigenvalue weighted by atomic mass is 16.5. The van der Waals surface area contributed by atoms with Gasteiger partial charge >= 0.3 is 5.97 Å². The zero-order chi connectivity index (χ0) is 19.2. The maximum atomic E-state index is 11.6. The number of ether oxygens (including phenoxy) is 1. The van der Waals surface area contributed by atoms with E-state index >= 15 is 0 Å². The summed E-state index contributed by atoms with van der Waals surface area (Å²) >= 11 is 0. The largest absolute Gasteiger partial charge is 0.465 e. The minimum absolute atomic E-state index is 0.0469. The minimum Gasteiger partial charge on any atom is -0.465 e. The topological polar surface area (TPSA) is 26.3 Å². The van der Waals surface area contributed by atoms with Crippen molar-refractivity contribution in [3.8, 4) is 0 Å². The first-order valence-corrected chi connectivity index (χ1v) is 11.5. The maximum Gasteiger partial charge on any atom is 0.308 e. The smallest absolute Gasteiger partial charge is 0.308 e. The first-order valence-electron chi connectivity index (χ1n) is 11.5. The van der Waals surface area contributed by atoms with Crippen molar-refractivity contribution in [1.29, 1.82) is 0 Å². The number of benzene rings is 1. The Morgan fingerprint density at radius 2 is 1.37 bits per heavy atom. The second-order valence-corrected chi connectivity index (χ2v) is 8.29. The van der Waals surface area contributed by atoms with Gasteiger partial charge < -0.3 is 4.74 Å². The van der Waals surface area contributed by atoms with Crippen molar-refractivity contribution in [1.82, 2.24) is 0 Å². The summed E-state index contributed by atoms with van der Waals surface area (Å²) in [7, 11) is 0. The number of unbranched alkanes of at least 4 members (excludes halogenated alkanes) is 8. The number of aryl methyl sites for hydroxylation is 2. The molecule has 1 saturated heterocycles. The summed E-state index contributed by atoms with van der Waals surface area (Å²) in [6.07, 6.45) is 18.6. The van der Waals surface area contributed by atoms with Gasteiger partial charge in [-0.05, 0) is 56.1 Å². The van der Waals surface area contributed by atoms with Crippen molar-refractivity contribution in [2.24, 2.45) is 5.92 Å². The van der Waals surface area contributed by atoms with Gasteiger partial charge in [0.25, 0.3) is 0 Å². The van der Waals surface area contributed by atoms with Crippen LogP contribution < -0.4 is 0 Å². The molecule has 1 aromatic rings. The standard InChI is InChI=1S/C25H40O2/c1-2-3-4-6-9-13-22-17-19-23(20-18-22)14-10-7-5-8-11-15-24-16-12-21-27-25(24)26/h17-20,24H,2-16,21H2,1H3. The van der Waals surface area contributed by atoms with Gasteiger partial charge in [0.2, 0.25) is 0 Å². The predicted molar refractivity (Wildman–Crippen MR) is 114 cm³/mol. The summed E-state index contributed by atoms with van der Waals surface area (Å²) in [5.41, 5.74) is 2.98. The number of carbonyl (C=O) groups excluding carboxylic acids is 1. The lowest BCUT2D eigenvalue weighted by Crippen LogP contribution is -2.23. The van der Waals surface area contributed by atoms with E-state index in [2.05, 4.69) is 31.2 Å². The fourth-order valence-electron chi connectivity index (χ4n) is 4.06. The Labute approximate surface area is 167 Å². The van der Waals surface area contributed by atoms with Gasteiger partial charge in [0, 0.05) is 0 Å². The second-order valence-electron chi connectivity index (χ2n) is 8.29. The lowest BCUT2D eigenvalue weighted by molar-refractivity contribution is -0.153. The van der Waals surface area contributed by atoms with E-state index in [0.717, 1.165) is 19.3 Å². The normalized spacial score (nSPS) is 17.1. The summed E-state index contributed by atoms with van der Waals surface area (Å²) in [6, 6.07) is 9.32. The van der Waals surface area contributed by atoms with Gasteiger partial charge in [-0.15, -0.1) is 0 Å². The summed E-state index contributed by atoms with van der Waals surface area (Å²) in [4.78, 5) is 11.6. The summed E-state index contributed by atoms with van der Waals surface area (Å²) in [5.74, 6) is 0.231. The number of esters is 1. The van der Waals surface area contributed by atoms with Gasteiger partial charge in [0.05, 0.1) is 12.5 Å². The minimum atomic E-state index is 0.0469. The van der Waals surface area contributed by atoms with Crippen LogP contribution in [0.2, 0.25) is 0 Å². The number of hydrogen-bond donors (Lipinski definition) is 0. The lowest BCUT2D eigenvalue weighted by atomic mass is 9.94. The first kappa shape index (κ1) is 22.0. The van der Waals surface area contributed by atoms with E-state index in [0.29, 0.717) is 6.61 Å². The molecule has 1 fully saturated rings. The van der Waals surface area contributed by atoms with Gasteiger partial charge in [-0.25, -0.2) is 0 Å². The van der Waals surface area contributed by atoms with E-state index in [4.69, 9.17) is 4.74 Å². The predicted octanol–water partition coefficient (Wildman–Crippen LogP) is 7.04. The Balaban J connectivity index is 1.47. The molecule has 1 aliphatic heterocycles. The Kier molecular flexibility index (Phi) is 11.2. The molecule has 0 aliphatic carbocycles. The van der Waals surface area contributed by atoms with Crippen molar-refractivity contribution < 1.29 is 9.53 Å². The molecule has 1 unspecified atom stereocenters. The van der Waals surface area contributed by atoms with Crippen LogP contribution >= 0.6 is 0 Å². The Morgan fingerprint density at radius 1 is 0.815 bits per heavy atom. The molecule has 2 rings (SSSR count). The summed E-state index contributed by atoms with van der Waals surface area (Å²) in [6.45, 7) is 2.91. The van der Waals surface area contributed by atoms with Crippen LogP contribution in [0.1, 0.15) is 102 Å². The van der Waals surface area contributed by atoms with Crippen LogP contribution in [0.15, 0.2) is 24.3 Å². The zero-order valence-corrected chi connectivity index (χ0v) is 17.5. The molecule has 1 heterocycles. The molecule has 0 spiro atoms. The third-order valence-electron chi connectivity index (χ3n) is 5.88. The molecule has 0 bridgehead atoms. The molecule has 1 aromatic carbocycles. The lowest BCUT2D eigenvalue weighted by Gasteiger charge is -2.20. The summed E-state index contributed by atoms with van der Waals surface area (Å²) in [5, 5.41) is 0. The highest BCUT2D eigenvalue weighted by molar-refractivity contribution is 5.72. The molecule has 1 aliphatic rings. The Hall–Kier alpha value is -1.31. The molecule has 0 N–H and O–H groups in total. The highest BCUT2D eigenvalue weighted by Crippen LogP contribution is 2.22. The molecule has 27 heavy (non-hydrogen) atoms. The van der Waals surface area contributed by atoms with Gasteiger partial charge in [-0.2, -0.15) is 0 Å². The molecular formula is C25H40O2. The molecule has 1 atom stereocenters. The van der Waals surface area contributed by atoms with Crippen LogP contribution in [0.3, 0.4) is 0 Å². The third-order valence-corrected chi connectivity index (χ3v) is 5.88. The first-order chi connectivity index (χ1) is 13.3. The fraction of sp³-hybridized carbons (Fsp3) is 0.720. The number of carbonyl (C=O) groups is 1. The number of cyclic esters (lactones) is 1. The van der Waals surface area contributed by atoms with Crippen molar-refractivity contribution in [3.63, 3.8) is 0 Å². The van der Waals surface area contributed by atoms with Crippen LogP contribution in [0.5, 0.6) is 0 Å². The van der Waals surface area contributed by atoms with Crippen molar-refractivity contribution in [2.75, 3.05) is 6.61 Å². The van der Waals surface area contributed by atoms with Crippen molar-refractivity contribution in [2.45, 2.75) is 103 Å². The molecule has 2 heteroatoms. The van der Waals surface area contributed by atoms with E-state index in [9.17, 15) is 4.79 Å². The SMILES string of the molecule is CCCCCCCc1ccc(CCCCCCCC2CCCOC2=O)cc1. The number of hydrogen-bond acceptors (Lipinski definition) is 2. The fourth-order valence-corrected chi connectivity index (χ4v) is 4.06. The van der Waals surface area contributed by atoms with E-state index in [1.165, 1.54) is 88.2 Å². The summed E-state index contributed by atoms with van der Waals surface area (Å²) < 4.78 is 5.14. The molecule has 0 saturated carbocycles. The zero-order valence-electron chi connectivity index (χ0n) is 17.5. The van der Waals surface area contributed by atoms with Crippen molar-refractivity contribution >= 4 is 5.97 Å². The molecule has 0 amide bonds. The molecule has 0 aromatic heterocycles. The van der Waals surface area contributed by atoms with Crippen LogP contribution in [0.25, 0.3) is 0 Å². The highest BCUT2D eigenvalue weighted by Gasteiger charge is 2.22. The third kappa shape index (κ3) is 9.44. The maximum absolute atomic E-state index is 11.6. The average Bonchev–Trinajstić information content (AvgIpc) is 2.69. The van der Waals surface area contributed by atoms with E-state index in [1.807, 2.05) is 0 Å². The van der Waals surface area contributed by atoms with Crippen LogP contribution in [0.4, 0.5) is 0 Å². The van der Waals surface area contributed by atoms with Gasteiger partial charge in [0.15, 0.2) is 0 Å².